The zero-order valence-electron chi connectivity index (χ0n) is 18.2. The lowest BCUT2D eigenvalue weighted by Gasteiger charge is -2.47. The lowest BCUT2D eigenvalue weighted by atomic mass is 9.72. The maximum absolute atomic E-state index is 13.8. The molecule has 2 aliphatic heterocycles. The zero-order valence-corrected chi connectivity index (χ0v) is 19.0. The predicted molar refractivity (Wildman–Crippen MR) is 126 cm³/mol. The van der Waals surface area contributed by atoms with Crippen LogP contribution < -0.4 is 5.73 Å². The van der Waals surface area contributed by atoms with E-state index in [0.717, 1.165) is 16.8 Å². The van der Waals surface area contributed by atoms with Crippen LogP contribution >= 0.6 is 11.6 Å². The Morgan fingerprint density at radius 2 is 1.73 bits per heavy atom. The summed E-state index contributed by atoms with van der Waals surface area (Å²) < 4.78 is 5.54. The second kappa shape index (κ2) is 9.03. The van der Waals surface area contributed by atoms with Gasteiger partial charge in [0.05, 0.1) is 30.8 Å². The smallest absolute Gasteiger partial charge is 0.162 e. The monoisotopic (exact) mass is 460 g/mol. The average molecular weight is 461 g/mol. The molecule has 0 saturated carbocycles. The Morgan fingerprint density at radius 3 is 2.42 bits per heavy atom. The minimum atomic E-state index is -0.569. The number of rotatable bonds is 3. The Hall–Kier alpha value is -3.11. The minimum absolute atomic E-state index is 0.0357. The van der Waals surface area contributed by atoms with E-state index in [2.05, 4.69) is 23.2 Å². The van der Waals surface area contributed by atoms with Crippen molar-refractivity contribution in [3.8, 4) is 6.07 Å². The molecule has 7 heteroatoms. The van der Waals surface area contributed by atoms with Crippen LogP contribution in [0.2, 0.25) is 5.02 Å². The van der Waals surface area contributed by atoms with Gasteiger partial charge in [-0.25, -0.2) is 5.01 Å². The van der Waals surface area contributed by atoms with Crippen LogP contribution in [0.4, 0.5) is 0 Å². The first kappa shape index (κ1) is 21.7. The predicted octanol–water partition coefficient (Wildman–Crippen LogP) is 4.08. The topological polar surface area (TPSA) is 82.6 Å². The number of benzene rings is 2. The summed E-state index contributed by atoms with van der Waals surface area (Å²) in [6.07, 6.45) is 1.04. The molecule has 2 heterocycles. The molecule has 2 N–H and O–H groups in total. The molecule has 2 aromatic rings. The summed E-state index contributed by atoms with van der Waals surface area (Å²) in [5, 5.41) is 14.7. The molecule has 2 unspecified atom stereocenters. The van der Waals surface area contributed by atoms with E-state index >= 15 is 0 Å². The molecule has 1 saturated heterocycles. The first-order valence-electron chi connectivity index (χ1n) is 11.2. The number of nitrogens with two attached hydrogens (primary N) is 1. The van der Waals surface area contributed by atoms with Gasteiger partial charge in [0.1, 0.15) is 5.82 Å². The van der Waals surface area contributed by atoms with Crippen molar-refractivity contribution in [1.82, 2.24) is 10.0 Å². The Labute approximate surface area is 198 Å². The fourth-order valence-corrected chi connectivity index (χ4v) is 5.41. The van der Waals surface area contributed by atoms with Gasteiger partial charge >= 0.3 is 0 Å². The van der Waals surface area contributed by atoms with E-state index in [1.807, 2.05) is 41.4 Å². The highest BCUT2D eigenvalue weighted by molar-refractivity contribution is 6.31. The van der Waals surface area contributed by atoms with Gasteiger partial charge in [-0.1, -0.05) is 60.1 Å². The van der Waals surface area contributed by atoms with E-state index in [1.165, 1.54) is 0 Å². The van der Waals surface area contributed by atoms with E-state index in [1.54, 1.807) is 6.07 Å². The number of hydrogen-bond acceptors (Lipinski definition) is 6. The largest absolute Gasteiger partial charge is 0.383 e. The molecule has 0 bridgehead atoms. The van der Waals surface area contributed by atoms with Gasteiger partial charge in [0.15, 0.2) is 5.78 Å². The summed E-state index contributed by atoms with van der Waals surface area (Å²) in [5.74, 6) is -0.123. The number of carbonyl (C=O) groups excluding carboxylic acids is 1. The number of allylic oxidation sites excluding steroid dienone is 3. The lowest BCUT2D eigenvalue weighted by Crippen LogP contribution is -2.52. The number of hydrogen-bond donors (Lipinski definition) is 1. The van der Waals surface area contributed by atoms with Crippen molar-refractivity contribution in [2.45, 2.75) is 24.7 Å². The molecule has 2 aromatic carbocycles. The van der Waals surface area contributed by atoms with Crippen LogP contribution in [0.5, 0.6) is 0 Å². The summed E-state index contributed by atoms with van der Waals surface area (Å²) in [6, 6.07) is 19.8. The van der Waals surface area contributed by atoms with Crippen molar-refractivity contribution in [2.75, 3.05) is 26.3 Å². The summed E-state index contributed by atoms with van der Waals surface area (Å²) in [6.45, 7) is 2.41. The molecule has 6 nitrogen and oxygen atoms in total. The molecular weight excluding hydrogens is 436 g/mol. The Balaban J connectivity index is 1.69. The molecular formula is C26H25ClN4O2. The van der Waals surface area contributed by atoms with Gasteiger partial charge in [-0.2, -0.15) is 5.26 Å². The van der Waals surface area contributed by atoms with Crippen molar-refractivity contribution < 1.29 is 9.53 Å². The molecule has 1 aliphatic carbocycles. The van der Waals surface area contributed by atoms with Crippen molar-refractivity contribution in [2.24, 2.45) is 5.73 Å². The van der Waals surface area contributed by atoms with Crippen LogP contribution in [0, 0.1) is 11.3 Å². The number of nitriles is 1. The van der Waals surface area contributed by atoms with Gasteiger partial charge in [-0.05, 0) is 29.5 Å². The number of Topliss-reactive ketones (excluding diaryl/α,β-unsaturated/α-hetero) is 1. The third-order valence-corrected chi connectivity index (χ3v) is 7.04. The van der Waals surface area contributed by atoms with Crippen LogP contribution in [-0.2, 0) is 9.53 Å². The van der Waals surface area contributed by atoms with Crippen molar-refractivity contribution in [1.29, 1.82) is 5.26 Å². The first-order valence-corrected chi connectivity index (χ1v) is 11.6. The van der Waals surface area contributed by atoms with E-state index in [4.69, 9.17) is 22.1 Å². The maximum Gasteiger partial charge on any atom is 0.162 e. The first-order chi connectivity index (χ1) is 16.1. The molecule has 0 spiro atoms. The summed E-state index contributed by atoms with van der Waals surface area (Å²) >= 11 is 6.57. The highest BCUT2D eigenvalue weighted by atomic mass is 35.5. The van der Waals surface area contributed by atoms with Crippen molar-refractivity contribution in [3.05, 3.63) is 93.4 Å². The lowest BCUT2D eigenvalue weighted by molar-refractivity contribution is -0.117. The van der Waals surface area contributed by atoms with Gasteiger partial charge in [0.2, 0.25) is 0 Å². The Morgan fingerprint density at radius 1 is 1.03 bits per heavy atom. The van der Waals surface area contributed by atoms with E-state index in [0.29, 0.717) is 61.1 Å². The molecule has 2 atom stereocenters. The van der Waals surface area contributed by atoms with Crippen LogP contribution in [0.15, 0.2) is 77.3 Å². The van der Waals surface area contributed by atoms with Crippen LogP contribution in [0.3, 0.4) is 0 Å². The van der Waals surface area contributed by atoms with Crippen LogP contribution in [0.1, 0.15) is 35.8 Å². The number of ketones is 1. The number of halogens is 1. The number of ether oxygens (including phenoxy) is 1. The van der Waals surface area contributed by atoms with Gasteiger partial charge in [0.25, 0.3) is 0 Å². The molecule has 0 aromatic heterocycles. The fraction of sp³-hybridized carbons (Fsp3) is 0.308. The van der Waals surface area contributed by atoms with Crippen LogP contribution in [0.25, 0.3) is 0 Å². The SMILES string of the molecule is N#CC1=C(N)N(N2CCOCC2)C2=C(C(=O)CC(c3ccccc3)C2)C1c1ccccc1Cl. The summed E-state index contributed by atoms with van der Waals surface area (Å²) in [5.41, 5.74) is 10.4. The summed E-state index contributed by atoms with van der Waals surface area (Å²) in [7, 11) is 0. The zero-order chi connectivity index (χ0) is 22.9. The van der Waals surface area contributed by atoms with Gasteiger partial charge in [-0.3, -0.25) is 9.80 Å². The Bertz CT molecular complexity index is 1180. The molecule has 168 valence electrons. The van der Waals surface area contributed by atoms with Crippen LogP contribution in [-0.4, -0.2) is 42.1 Å². The molecule has 1 fully saturated rings. The number of morpholine rings is 1. The number of nitrogens with zero attached hydrogens (tertiary/aromatic N) is 3. The Kier molecular flexibility index (Phi) is 5.94. The van der Waals surface area contributed by atoms with E-state index in [-0.39, 0.29) is 11.7 Å². The van der Waals surface area contributed by atoms with Crippen molar-refractivity contribution in [3.63, 3.8) is 0 Å². The molecule has 0 radical (unpaired) electrons. The highest BCUT2D eigenvalue weighted by Crippen LogP contribution is 2.49. The van der Waals surface area contributed by atoms with E-state index < -0.39 is 5.92 Å². The van der Waals surface area contributed by atoms with Crippen molar-refractivity contribution >= 4 is 17.4 Å². The molecule has 5 rings (SSSR count). The second-order valence-electron chi connectivity index (χ2n) is 8.54. The maximum atomic E-state index is 13.8. The second-order valence-corrected chi connectivity index (χ2v) is 8.95. The summed E-state index contributed by atoms with van der Waals surface area (Å²) in [4.78, 5) is 13.8. The molecule has 0 amide bonds. The normalized spacial score (nSPS) is 24.0. The number of hydrazine groups is 1. The highest BCUT2D eigenvalue weighted by Gasteiger charge is 2.44. The average Bonchev–Trinajstić information content (AvgIpc) is 2.85. The third-order valence-electron chi connectivity index (χ3n) is 6.70. The van der Waals surface area contributed by atoms with Gasteiger partial charge in [0, 0.05) is 35.8 Å². The minimum Gasteiger partial charge on any atom is -0.383 e. The standard InChI is InChI=1S/C26H25ClN4O2/c27-21-9-5-4-8-19(21)24-20(16-28)26(29)31(30-10-12-33-13-11-30)22-14-18(15-23(32)25(22)24)17-6-2-1-3-7-17/h1-9,18,24H,10-15,29H2. The fourth-order valence-electron chi connectivity index (χ4n) is 5.17. The van der Waals surface area contributed by atoms with E-state index in [9.17, 15) is 10.1 Å². The van der Waals surface area contributed by atoms with Gasteiger partial charge in [-0.15, -0.1) is 0 Å². The molecule has 33 heavy (non-hydrogen) atoms. The van der Waals surface area contributed by atoms with Gasteiger partial charge < -0.3 is 10.5 Å². The quantitative estimate of drug-likeness (QED) is 0.743. The third kappa shape index (κ3) is 3.83. The number of carbonyl (C=O) groups is 1. The molecule has 3 aliphatic rings.